The summed E-state index contributed by atoms with van der Waals surface area (Å²) in [5.41, 5.74) is 2.52. The van der Waals surface area contributed by atoms with Crippen LogP contribution in [0.4, 0.5) is 0 Å². The molecule has 0 amide bonds. The molecule has 2 rings (SSSR count). The number of nitriles is 2. The number of hydrogen-bond donors (Lipinski definition) is 0. The molecule has 3 heteroatoms. The predicted octanol–water partition coefficient (Wildman–Crippen LogP) is 3.72. The van der Waals surface area contributed by atoms with E-state index in [9.17, 15) is 0 Å². The summed E-state index contributed by atoms with van der Waals surface area (Å²) >= 11 is 1.63. The summed E-state index contributed by atoms with van der Waals surface area (Å²) in [6.07, 6.45) is 0. The Hall–Kier alpha value is -2.23. The average molecular weight is 250 g/mol. The van der Waals surface area contributed by atoms with Crippen molar-refractivity contribution in [2.75, 3.05) is 0 Å². The molecule has 0 aliphatic carbocycles. The number of benzene rings is 2. The zero-order chi connectivity index (χ0) is 12.8. The summed E-state index contributed by atoms with van der Waals surface area (Å²) in [5, 5.41) is 17.7. The highest BCUT2D eigenvalue weighted by Crippen LogP contribution is 2.25. The van der Waals surface area contributed by atoms with Crippen LogP contribution in [-0.2, 0) is 5.75 Å². The monoisotopic (exact) mass is 250 g/mol. The van der Waals surface area contributed by atoms with E-state index < -0.39 is 0 Å². The van der Waals surface area contributed by atoms with Gasteiger partial charge in [0.15, 0.2) is 0 Å². The van der Waals surface area contributed by atoms with Gasteiger partial charge < -0.3 is 0 Å². The molecular weight excluding hydrogens is 240 g/mol. The smallest absolute Gasteiger partial charge is 0.100 e. The quantitative estimate of drug-likeness (QED) is 0.780. The normalized spacial score (nSPS) is 9.44. The Kier molecular flexibility index (Phi) is 4.02. The van der Waals surface area contributed by atoms with Crippen LogP contribution in [0.2, 0.25) is 0 Å². The zero-order valence-corrected chi connectivity index (χ0v) is 10.4. The van der Waals surface area contributed by atoms with Crippen LogP contribution < -0.4 is 0 Å². The van der Waals surface area contributed by atoms with Gasteiger partial charge in [0.2, 0.25) is 0 Å². The van der Waals surface area contributed by atoms with Gasteiger partial charge >= 0.3 is 0 Å². The van der Waals surface area contributed by atoms with Gasteiger partial charge in [0.1, 0.15) is 6.07 Å². The van der Waals surface area contributed by atoms with E-state index in [2.05, 4.69) is 12.1 Å². The second-order valence-electron chi connectivity index (χ2n) is 3.71. The van der Waals surface area contributed by atoms with E-state index in [4.69, 9.17) is 10.5 Å². The number of hydrogen-bond acceptors (Lipinski definition) is 3. The van der Waals surface area contributed by atoms with Crippen molar-refractivity contribution in [1.82, 2.24) is 0 Å². The first-order valence-corrected chi connectivity index (χ1v) is 6.43. The van der Waals surface area contributed by atoms with Crippen LogP contribution in [0.3, 0.4) is 0 Å². The van der Waals surface area contributed by atoms with Gasteiger partial charge in [-0.25, -0.2) is 0 Å². The van der Waals surface area contributed by atoms with Gasteiger partial charge in [-0.05, 0) is 29.8 Å². The molecule has 0 saturated carbocycles. The predicted molar refractivity (Wildman–Crippen MR) is 71.9 cm³/mol. The second-order valence-corrected chi connectivity index (χ2v) is 4.72. The third-order valence-corrected chi connectivity index (χ3v) is 3.63. The maximum atomic E-state index is 8.98. The number of rotatable bonds is 3. The minimum absolute atomic E-state index is 0.668. The zero-order valence-electron chi connectivity index (χ0n) is 9.63. The summed E-state index contributed by atoms with van der Waals surface area (Å²) < 4.78 is 0. The Morgan fingerprint density at radius 2 is 1.61 bits per heavy atom. The minimum Gasteiger partial charge on any atom is -0.192 e. The molecule has 0 aliphatic heterocycles. The minimum atomic E-state index is 0.668. The standard InChI is InChI=1S/C15H10N2S/c16-9-12-5-7-13(8-6-12)11-18-15-4-2-1-3-14(15)10-17/h1-8H,11H2. The first-order chi connectivity index (χ1) is 8.83. The Morgan fingerprint density at radius 1 is 0.889 bits per heavy atom. The fourth-order valence-corrected chi connectivity index (χ4v) is 2.48. The molecule has 0 unspecified atom stereocenters. The van der Waals surface area contributed by atoms with Gasteiger partial charge in [-0.3, -0.25) is 0 Å². The Bertz CT molecular complexity index is 618. The van der Waals surface area contributed by atoms with Crippen molar-refractivity contribution in [2.24, 2.45) is 0 Å². The highest BCUT2D eigenvalue weighted by molar-refractivity contribution is 7.98. The molecule has 18 heavy (non-hydrogen) atoms. The molecular formula is C15H10N2S. The fraction of sp³-hybridized carbons (Fsp3) is 0.0667. The molecule has 86 valence electrons. The SMILES string of the molecule is N#Cc1ccc(CSc2ccccc2C#N)cc1. The van der Waals surface area contributed by atoms with Crippen molar-refractivity contribution >= 4 is 11.8 Å². The van der Waals surface area contributed by atoms with Gasteiger partial charge in [0.05, 0.1) is 17.2 Å². The Labute approximate surface area is 110 Å². The fourth-order valence-electron chi connectivity index (χ4n) is 1.52. The highest BCUT2D eigenvalue weighted by Gasteiger charge is 2.02. The Morgan fingerprint density at radius 3 is 2.28 bits per heavy atom. The van der Waals surface area contributed by atoms with E-state index >= 15 is 0 Å². The van der Waals surface area contributed by atoms with Gasteiger partial charge in [0.25, 0.3) is 0 Å². The first kappa shape index (κ1) is 12.2. The molecule has 0 radical (unpaired) electrons. The molecule has 0 aliphatic rings. The van der Waals surface area contributed by atoms with Crippen LogP contribution >= 0.6 is 11.8 Å². The van der Waals surface area contributed by atoms with Crippen molar-refractivity contribution in [3.05, 3.63) is 65.2 Å². The van der Waals surface area contributed by atoms with Gasteiger partial charge in [-0.15, -0.1) is 11.8 Å². The van der Waals surface area contributed by atoms with E-state index in [1.165, 1.54) is 0 Å². The molecule has 0 heterocycles. The van der Waals surface area contributed by atoms with Crippen molar-refractivity contribution in [1.29, 1.82) is 10.5 Å². The second kappa shape index (κ2) is 5.91. The summed E-state index contributed by atoms with van der Waals surface area (Å²) in [7, 11) is 0. The molecule has 0 N–H and O–H groups in total. The van der Waals surface area contributed by atoms with Crippen molar-refractivity contribution in [3.8, 4) is 12.1 Å². The molecule has 0 aromatic heterocycles. The summed E-state index contributed by atoms with van der Waals surface area (Å²) in [4.78, 5) is 0.990. The third-order valence-electron chi connectivity index (χ3n) is 2.48. The van der Waals surface area contributed by atoms with Crippen LogP contribution in [0, 0.1) is 22.7 Å². The van der Waals surface area contributed by atoms with Crippen LogP contribution in [0.25, 0.3) is 0 Å². The maximum absolute atomic E-state index is 8.98. The number of thioether (sulfide) groups is 1. The highest BCUT2D eigenvalue weighted by atomic mass is 32.2. The molecule has 2 aromatic rings. The summed E-state index contributed by atoms with van der Waals surface area (Å²) in [6, 6.07) is 19.4. The lowest BCUT2D eigenvalue weighted by atomic mass is 10.2. The third kappa shape index (κ3) is 2.91. The van der Waals surface area contributed by atoms with E-state index in [1.807, 2.05) is 48.5 Å². The lowest BCUT2D eigenvalue weighted by Gasteiger charge is -2.03. The topological polar surface area (TPSA) is 47.6 Å². The largest absolute Gasteiger partial charge is 0.192 e. The van der Waals surface area contributed by atoms with E-state index in [0.29, 0.717) is 11.1 Å². The van der Waals surface area contributed by atoms with Gasteiger partial charge in [-0.1, -0.05) is 24.3 Å². The van der Waals surface area contributed by atoms with Crippen LogP contribution in [0.5, 0.6) is 0 Å². The number of nitrogens with zero attached hydrogens (tertiary/aromatic N) is 2. The van der Waals surface area contributed by atoms with E-state index in [1.54, 1.807) is 11.8 Å². The maximum Gasteiger partial charge on any atom is 0.100 e. The summed E-state index contributed by atoms with van der Waals surface area (Å²) in [5.74, 6) is 0.796. The molecule has 0 bridgehead atoms. The van der Waals surface area contributed by atoms with Crippen LogP contribution in [-0.4, -0.2) is 0 Å². The van der Waals surface area contributed by atoms with E-state index in [-0.39, 0.29) is 0 Å². The Balaban J connectivity index is 2.07. The van der Waals surface area contributed by atoms with Crippen molar-refractivity contribution in [3.63, 3.8) is 0 Å². The molecule has 0 fully saturated rings. The molecule has 0 saturated heterocycles. The van der Waals surface area contributed by atoms with Crippen LogP contribution in [0.15, 0.2) is 53.4 Å². The lowest BCUT2D eigenvalue weighted by molar-refractivity contribution is 1.34. The van der Waals surface area contributed by atoms with E-state index in [0.717, 1.165) is 16.2 Å². The average Bonchev–Trinajstić information content (AvgIpc) is 2.46. The summed E-state index contributed by atoms with van der Waals surface area (Å²) in [6.45, 7) is 0. The van der Waals surface area contributed by atoms with Crippen molar-refractivity contribution in [2.45, 2.75) is 10.6 Å². The molecule has 0 spiro atoms. The van der Waals surface area contributed by atoms with Crippen LogP contribution in [0.1, 0.15) is 16.7 Å². The van der Waals surface area contributed by atoms with Gasteiger partial charge in [-0.2, -0.15) is 10.5 Å². The molecule has 2 nitrogen and oxygen atoms in total. The molecule has 2 aromatic carbocycles. The molecule has 0 atom stereocenters. The first-order valence-electron chi connectivity index (χ1n) is 5.44. The lowest BCUT2D eigenvalue weighted by Crippen LogP contribution is -1.84. The van der Waals surface area contributed by atoms with Crippen molar-refractivity contribution < 1.29 is 0 Å². The van der Waals surface area contributed by atoms with Gasteiger partial charge in [0, 0.05) is 10.6 Å².